The van der Waals surface area contributed by atoms with E-state index in [9.17, 15) is 14.7 Å². The summed E-state index contributed by atoms with van der Waals surface area (Å²) in [5.74, 6) is -0.650. The number of hydrogen-bond donors (Lipinski definition) is 1. The molecule has 0 spiro atoms. The van der Waals surface area contributed by atoms with Gasteiger partial charge in [-0.3, -0.25) is 9.59 Å². The second-order valence-electron chi connectivity index (χ2n) is 12.6. The SMILES string of the molecule is CC/C=C\C/C=C\C/C=C\C/C=C\CCCCC(=O)OC(CO)COC(=O)CCCCCCCCCCC/C=C\C/C=C\CCCCC. The van der Waals surface area contributed by atoms with E-state index in [1.54, 1.807) is 0 Å². The van der Waals surface area contributed by atoms with E-state index in [0.29, 0.717) is 12.8 Å². The summed E-state index contributed by atoms with van der Waals surface area (Å²) >= 11 is 0. The third-order valence-electron chi connectivity index (χ3n) is 7.98. The number of hydrogen-bond acceptors (Lipinski definition) is 5. The molecule has 0 radical (unpaired) electrons. The van der Waals surface area contributed by atoms with E-state index in [2.05, 4.69) is 86.8 Å². The highest BCUT2D eigenvalue weighted by molar-refractivity contribution is 5.70. The summed E-state index contributed by atoms with van der Waals surface area (Å²) in [5.41, 5.74) is 0. The lowest BCUT2D eigenvalue weighted by Crippen LogP contribution is -2.28. The van der Waals surface area contributed by atoms with Gasteiger partial charge in [0.1, 0.15) is 6.61 Å². The summed E-state index contributed by atoms with van der Waals surface area (Å²) in [5, 5.41) is 9.54. The van der Waals surface area contributed by atoms with Crippen molar-refractivity contribution in [3.05, 3.63) is 72.9 Å². The van der Waals surface area contributed by atoms with Gasteiger partial charge < -0.3 is 14.6 Å². The molecule has 0 heterocycles. The minimum absolute atomic E-state index is 0.0883. The highest BCUT2D eigenvalue weighted by Crippen LogP contribution is 2.12. The molecule has 274 valence electrons. The molecule has 0 rings (SSSR count). The number of carbonyl (C=O) groups excluding carboxylic acids is 2. The number of esters is 2. The molecule has 0 fully saturated rings. The van der Waals surface area contributed by atoms with Crippen LogP contribution in [0.15, 0.2) is 72.9 Å². The molecule has 0 aromatic heterocycles. The maximum atomic E-state index is 12.1. The van der Waals surface area contributed by atoms with Crippen LogP contribution < -0.4 is 0 Å². The Kier molecular flexibility index (Phi) is 36.6. The Morgan fingerprint density at radius 1 is 0.500 bits per heavy atom. The Morgan fingerprint density at radius 3 is 1.40 bits per heavy atom. The lowest BCUT2D eigenvalue weighted by molar-refractivity contribution is -0.161. The van der Waals surface area contributed by atoms with E-state index in [0.717, 1.165) is 70.6 Å². The summed E-state index contributed by atoms with van der Waals surface area (Å²) < 4.78 is 10.6. The number of aliphatic hydroxyl groups excluding tert-OH is 1. The minimum Gasteiger partial charge on any atom is -0.462 e. The van der Waals surface area contributed by atoms with Crippen LogP contribution in [0.3, 0.4) is 0 Å². The van der Waals surface area contributed by atoms with E-state index < -0.39 is 6.10 Å². The van der Waals surface area contributed by atoms with Crippen molar-refractivity contribution in [3.63, 3.8) is 0 Å². The fraction of sp³-hybridized carbons (Fsp3) is 0.674. The maximum Gasteiger partial charge on any atom is 0.306 e. The number of ether oxygens (including phenoxy) is 2. The number of aliphatic hydroxyl groups is 1. The molecule has 5 heteroatoms. The molecule has 0 saturated carbocycles. The number of rotatable bonds is 34. The molecular formula is C43H72O5. The highest BCUT2D eigenvalue weighted by atomic mass is 16.6. The van der Waals surface area contributed by atoms with Gasteiger partial charge in [0, 0.05) is 12.8 Å². The van der Waals surface area contributed by atoms with Crippen molar-refractivity contribution >= 4 is 11.9 Å². The van der Waals surface area contributed by atoms with Crippen molar-refractivity contribution in [2.45, 2.75) is 174 Å². The van der Waals surface area contributed by atoms with Gasteiger partial charge in [-0.05, 0) is 83.5 Å². The van der Waals surface area contributed by atoms with Gasteiger partial charge in [-0.15, -0.1) is 0 Å². The van der Waals surface area contributed by atoms with Gasteiger partial charge in [-0.1, -0.05) is 145 Å². The molecule has 5 nitrogen and oxygen atoms in total. The summed E-state index contributed by atoms with van der Waals surface area (Å²) in [4.78, 5) is 24.2. The van der Waals surface area contributed by atoms with Crippen molar-refractivity contribution in [3.8, 4) is 0 Å². The smallest absolute Gasteiger partial charge is 0.306 e. The van der Waals surface area contributed by atoms with Gasteiger partial charge in [0.2, 0.25) is 0 Å². The summed E-state index contributed by atoms with van der Waals surface area (Å²) in [6.07, 6.45) is 51.0. The monoisotopic (exact) mass is 669 g/mol. The van der Waals surface area contributed by atoms with Crippen molar-refractivity contribution in [2.24, 2.45) is 0 Å². The Labute approximate surface area is 295 Å². The van der Waals surface area contributed by atoms with E-state index >= 15 is 0 Å². The Balaban J connectivity index is 3.64. The van der Waals surface area contributed by atoms with Gasteiger partial charge >= 0.3 is 11.9 Å². The summed E-state index contributed by atoms with van der Waals surface area (Å²) in [6, 6.07) is 0. The zero-order chi connectivity index (χ0) is 35.0. The molecule has 0 aliphatic rings. The van der Waals surface area contributed by atoms with Gasteiger partial charge in [0.25, 0.3) is 0 Å². The van der Waals surface area contributed by atoms with Crippen LogP contribution in [0.5, 0.6) is 0 Å². The van der Waals surface area contributed by atoms with Crippen LogP contribution in [0.1, 0.15) is 168 Å². The van der Waals surface area contributed by atoms with Gasteiger partial charge in [0.05, 0.1) is 6.61 Å². The molecule has 0 aliphatic heterocycles. The van der Waals surface area contributed by atoms with E-state index in [1.807, 2.05) is 0 Å². The standard InChI is InChI=1S/C43H72O5/c1-3-5-7-9-11-13-15-17-19-20-21-22-24-25-27-29-31-33-35-37-42(45)47-40-41(39-44)48-43(46)38-36-34-32-30-28-26-23-18-16-14-12-10-8-6-4-2/h6,8,11-14,17-19,23,28,30,41,44H,3-5,7,9-10,15-16,20-22,24-27,29,31-40H2,1-2H3/b8-6-,13-11-,14-12-,19-17-,23-18-,30-28-. The van der Waals surface area contributed by atoms with Crippen molar-refractivity contribution in [1.29, 1.82) is 0 Å². The van der Waals surface area contributed by atoms with Crippen LogP contribution in [0.25, 0.3) is 0 Å². The van der Waals surface area contributed by atoms with Crippen LogP contribution in [0.2, 0.25) is 0 Å². The fourth-order valence-electron chi connectivity index (χ4n) is 5.04. The first-order chi connectivity index (χ1) is 23.6. The predicted molar refractivity (Wildman–Crippen MR) is 205 cm³/mol. The Morgan fingerprint density at radius 2 is 0.896 bits per heavy atom. The maximum absolute atomic E-state index is 12.1. The van der Waals surface area contributed by atoms with Gasteiger partial charge in [0.15, 0.2) is 6.10 Å². The van der Waals surface area contributed by atoms with Crippen LogP contribution in [0.4, 0.5) is 0 Å². The van der Waals surface area contributed by atoms with E-state index in [4.69, 9.17) is 9.47 Å². The second-order valence-corrected chi connectivity index (χ2v) is 12.6. The van der Waals surface area contributed by atoms with E-state index in [1.165, 1.54) is 70.6 Å². The van der Waals surface area contributed by atoms with E-state index in [-0.39, 0.29) is 25.2 Å². The zero-order valence-corrected chi connectivity index (χ0v) is 31.0. The van der Waals surface area contributed by atoms with Gasteiger partial charge in [-0.2, -0.15) is 0 Å². The fourth-order valence-corrected chi connectivity index (χ4v) is 5.04. The zero-order valence-electron chi connectivity index (χ0n) is 31.0. The largest absolute Gasteiger partial charge is 0.462 e. The average Bonchev–Trinajstić information content (AvgIpc) is 3.09. The quantitative estimate of drug-likeness (QED) is 0.0420. The third-order valence-corrected chi connectivity index (χ3v) is 7.98. The molecule has 0 aromatic carbocycles. The van der Waals surface area contributed by atoms with Crippen LogP contribution in [-0.2, 0) is 19.1 Å². The Bertz CT molecular complexity index is 895. The first-order valence-electron chi connectivity index (χ1n) is 19.5. The summed E-state index contributed by atoms with van der Waals surface area (Å²) in [6.45, 7) is 3.95. The normalized spacial score (nSPS) is 13.0. The lowest BCUT2D eigenvalue weighted by atomic mass is 10.1. The van der Waals surface area contributed by atoms with Crippen molar-refractivity contribution in [2.75, 3.05) is 13.2 Å². The number of allylic oxidation sites excluding steroid dienone is 12. The average molecular weight is 669 g/mol. The molecule has 0 aliphatic carbocycles. The first-order valence-corrected chi connectivity index (χ1v) is 19.5. The van der Waals surface area contributed by atoms with Crippen molar-refractivity contribution < 1.29 is 24.2 Å². The molecule has 1 N–H and O–H groups in total. The third kappa shape index (κ3) is 36.2. The molecule has 1 unspecified atom stereocenters. The van der Waals surface area contributed by atoms with Crippen LogP contribution in [-0.4, -0.2) is 36.4 Å². The van der Waals surface area contributed by atoms with Crippen LogP contribution in [0, 0.1) is 0 Å². The predicted octanol–water partition coefficient (Wildman–Crippen LogP) is 12.2. The molecule has 0 aromatic rings. The minimum atomic E-state index is -0.797. The second kappa shape index (κ2) is 38.8. The first kappa shape index (κ1) is 45.3. The molecule has 0 amide bonds. The number of unbranched alkanes of at least 4 members (excludes halogenated alkanes) is 14. The topological polar surface area (TPSA) is 72.8 Å². The van der Waals surface area contributed by atoms with Crippen LogP contribution >= 0.6 is 0 Å². The molecular weight excluding hydrogens is 596 g/mol. The molecule has 48 heavy (non-hydrogen) atoms. The number of carbonyl (C=O) groups is 2. The van der Waals surface area contributed by atoms with Crippen molar-refractivity contribution in [1.82, 2.24) is 0 Å². The Hall–Kier alpha value is -2.66. The molecule has 0 saturated heterocycles. The molecule has 0 bridgehead atoms. The molecule has 1 atom stereocenters. The lowest BCUT2D eigenvalue weighted by Gasteiger charge is -2.15. The summed E-state index contributed by atoms with van der Waals surface area (Å²) in [7, 11) is 0. The van der Waals surface area contributed by atoms with Gasteiger partial charge in [-0.25, -0.2) is 0 Å². The highest BCUT2D eigenvalue weighted by Gasteiger charge is 2.16.